The van der Waals surface area contributed by atoms with Gasteiger partial charge in [0.25, 0.3) is 0 Å². The Hall–Kier alpha value is -1.06. The number of piperidine rings is 1. The van der Waals surface area contributed by atoms with Crippen LogP contribution in [-0.4, -0.2) is 25.5 Å². The fraction of sp³-hybridized carbons (Fsp3) is 0.650. The van der Waals surface area contributed by atoms with Crippen LogP contribution in [0.15, 0.2) is 24.3 Å². The summed E-state index contributed by atoms with van der Waals surface area (Å²) in [5, 5.41) is 6.72. The van der Waals surface area contributed by atoms with Crippen molar-refractivity contribution in [3.05, 3.63) is 35.4 Å². The maximum absolute atomic E-state index is 13.0. The molecule has 0 spiro atoms. The molecular weight excluding hydrogens is 320 g/mol. The second kappa shape index (κ2) is 8.87. The summed E-state index contributed by atoms with van der Waals surface area (Å²) in [5.74, 6) is 0.979. The van der Waals surface area contributed by atoms with Crippen molar-refractivity contribution in [1.29, 1.82) is 0 Å². The lowest BCUT2D eigenvalue weighted by Crippen LogP contribution is -2.43. The van der Waals surface area contributed by atoms with Crippen molar-refractivity contribution in [3.8, 4) is 0 Å². The fourth-order valence-corrected chi connectivity index (χ4v) is 4.30. The SMILES string of the molecule is Cc1cccc(C2(C(=O)NCCC3CCCNC3)CCCC2)c1.Cl. The van der Waals surface area contributed by atoms with Gasteiger partial charge in [0, 0.05) is 6.54 Å². The smallest absolute Gasteiger partial charge is 0.230 e. The van der Waals surface area contributed by atoms with E-state index in [1.165, 1.54) is 24.0 Å². The normalized spacial score (nSPS) is 22.6. The van der Waals surface area contributed by atoms with Gasteiger partial charge in [0.05, 0.1) is 5.41 Å². The van der Waals surface area contributed by atoms with Gasteiger partial charge in [-0.1, -0.05) is 42.7 Å². The highest BCUT2D eigenvalue weighted by Gasteiger charge is 2.42. The predicted octanol–water partition coefficient (Wildman–Crippen LogP) is 3.73. The van der Waals surface area contributed by atoms with Gasteiger partial charge in [0.2, 0.25) is 5.91 Å². The van der Waals surface area contributed by atoms with Gasteiger partial charge in [0.15, 0.2) is 0 Å². The molecule has 1 amide bonds. The minimum Gasteiger partial charge on any atom is -0.355 e. The highest BCUT2D eigenvalue weighted by atomic mass is 35.5. The van der Waals surface area contributed by atoms with Crippen molar-refractivity contribution in [2.45, 2.75) is 57.3 Å². The van der Waals surface area contributed by atoms with E-state index < -0.39 is 0 Å². The van der Waals surface area contributed by atoms with Gasteiger partial charge in [-0.15, -0.1) is 12.4 Å². The van der Waals surface area contributed by atoms with E-state index in [1.54, 1.807) is 0 Å². The Morgan fingerprint density at radius 1 is 1.29 bits per heavy atom. The number of aryl methyl sites for hydroxylation is 1. The Bertz CT molecular complexity index is 534. The molecule has 3 nitrogen and oxygen atoms in total. The molecule has 1 heterocycles. The topological polar surface area (TPSA) is 41.1 Å². The Balaban J connectivity index is 0.00000208. The highest BCUT2D eigenvalue weighted by Crippen LogP contribution is 2.41. The minimum atomic E-state index is -0.281. The number of amides is 1. The summed E-state index contributed by atoms with van der Waals surface area (Å²) in [6.45, 7) is 5.19. The van der Waals surface area contributed by atoms with Crippen LogP contribution >= 0.6 is 12.4 Å². The van der Waals surface area contributed by atoms with E-state index in [0.29, 0.717) is 0 Å². The molecule has 0 aromatic heterocycles. The molecule has 2 N–H and O–H groups in total. The summed E-state index contributed by atoms with van der Waals surface area (Å²) in [6.07, 6.45) is 7.97. The summed E-state index contributed by atoms with van der Waals surface area (Å²) in [4.78, 5) is 13.0. The molecule has 0 bridgehead atoms. The van der Waals surface area contributed by atoms with Crippen LogP contribution in [0.1, 0.15) is 56.1 Å². The first-order valence-electron chi connectivity index (χ1n) is 9.27. The average molecular weight is 351 g/mol. The zero-order valence-electron chi connectivity index (χ0n) is 14.8. The van der Waals surface area contributed by atoms with E-state index in [9.17, 15) is 4.79 Å². The fourth-order valence-electron chi connectivity index (χ4n) is 4.30. The largest absolute Gasteiger partial charge is 0.355 e. The van der Waals surface area contributed by atoms with Crippen molar-refractivity contribution < 1.29 is 4.79 Å². The van der Waals surface area contributed by atoms with Crippen molar-refractivity contribution in [3.63, 3.8) is 0 Å². The third-order valence-corrected chi connectivity index (χ3v) is 5.70. The minimum absolute atomic E-state index is 0. The maximum atomic E-state index is 13.0. The van der Waals surface area contributed by atoms with E-state index in [4.69, 9.17) is 0 Å². The number of nitrogens with one attached hydrogen (secondary N) is 2. The van der Waals surface area contributed by atoms with Gasteiger partial charge in [-0.05, 0) is 63.6 Å². The number of benzene rings is 1. The third kappa shape index (κ3) is 4.31. The Kier molecular flexibility index (Phi) is 7.12. The van der Waals surface area contributed by atoms with Gasteiger partial charge < -0.3 is 10.6 Å². The van der Waals surface area contributed by atoms with E-state index in [2.05, 4.69) is 41.8 Å². The van der Waals surface area contributed by atoms with Crippen LogP contribution in [0, 0.1) is 12.8 Å². The number of carbonyl (C=O) groups is 1. The third-order valence-electron chi connectivity index (χ3n) is 5.70. The van der Waals surface area contributed by atoms with Crippen molar-refractivity contribution in [2.24, 2.45) is 5.92 Å². The van der Waals surface area contributed by atoms with Gasteiger partial charge in [0.1, 0.15) is 0 Å². The number of hydrogen-bond donors (Lipinski definition) is 2. The van der Waals surface area contributed by atoms with Gasteiger partial charge in [-0.25, -0.2) is 0 Å². The van der Waals surface area contributed by atoms with Crippen LogP contribution < -0.4 is 10.6 Å². The first kappa shape index (κ1) is 19.3. The van der Waals surface area contributed by atoms with Crippen LogP contribution in [0.3, 0.4) is 0 Å². The number of carbonyl (C=O) groups excluding carboxylic acids is 1. The van der Waals surface area contributed by atoms with Gasteiger partial charge in [-0.2, -0.15) is 0 Å². The molecule has 0 radical (unpaired) electrons. The molecule has 1 aliphatic heterocycles. The zero-order chi connectivity index (χ0) is 16.1. The molecule has 2 fully saturated rings. The molecule has 1 aliphatic carbocycles. The molecule has 1 atom stereocenters. The van der Waals surface area contributed by atoms with E-state index >= 15 is 0 Å². The van der Waals surface area contributed by atoms with Crippen molar-refractivity contribution in [2.75, 3.05) is 19.6 Å². The lowest BCUT2D eigenvalue weighted by molar-refractivity contribution is -0.126. The summed E-state index contributed by atoms with van der Waals surface area (Å²) in [7, 11) is 0. The van der Waals surface area contributed by atoms with E-state index in [-0.39, 0.29) is 23.7 Å². The van der Waals surface area contributed by atoms with Crippen molar-refractivity contribution in [1.82, 2.24) is 10.6 Å². The van der Waals surface area contributed by atoms with E-state index in [1.807, 2.05) is 0 Å². The van der Waals surface area contributed by atoms with Crippen LogP contribution in [-0.2, 0) is 10.2 Å². The van der Waals surface area contributed by atoms with Gasteiger partial charge in [-0.3, -0.25) is 4.79 Å². The Morgan fingerprint density at radius 3 is 2.75 bits per heavy atom. The quantitative estimate of drug-likeness (QED) is 0.849. The first-order valence-corrected chi connectivity index (χ1v) is 9.27. The van der Waals surface area contributed by atoms with Crippen LogP contribution in [0.2, 0.25) is 0 Å². The Morgan fingerprint density at radius 2 is 2.08 bits per heavy atom. The first-order chi connectivity index (χ1) is 11.2. The summed E-state index contributed by atoms with van der Waals surface area (Å²) in [6, 6.07) is 8.55. The molecular formula is C20H31ClN2O. The summed E-state index contributed by atoms with van der Waals surface area (Å²) < 4.78 is 0. The highest BCUT2D eigenvalue weighted by molar-refractivity contribution is 5.88. The molecule has 1 saturated carbocycles. The molecule has 2 aliphatic rings. The molecule has 1 saturated heterocycles. The summed E-state index contributed by atoms with van der Waals surface area (Å²) in [5.41, 5.74) is 2.18. The lowest BCUT2D eigenvalue weighted by atomic mass is 9.77. The monoisotopic (exact) mass is 350 g/mol. The Labute approximate surface area is 152 Å². The number of halogens is 1. The standard InChI is InChI=1S/C20H30N2O.ClH/c1-16-6-4-8-18(14-16)20(10-2-3-11-20)19(23)22-13-9-17-7-5-12-21-15-17;/h4,6,8,14,17,21H,2-3,5,7,9-13,15H2,1H3,(H,22,23);1H. The average Bonchev–Trinajstić information content (AvgIpc) is 3.07. The molecule has 4 heteroatoms. The molecule has 1 aromatic rings. The van der Waals surface area contributed by atoms with Crippen LogP contribution in [0.5, 0.6) is 0 Å². The molecule has 1 aromatic carbocycles. The summed E-state index contributed by atoms with van der Waals surface area (Å²) >= 11 is 0. The second-order valence-corrected chi connectivity index (χ2v) is 7.42. The van der Waals surface area contributed by atoms with Crippen LogP contribution in [0.25, 0.3) is 0 Å². The zero-order valence-corrected chi connectivity index (χ0v) is 15.6. The van der Waals surface area contributed by atoms with Gasteiger partial charge >= 0.3 is 0 Å². The molecule has 24 heavy (non-hydrogen) atoms. The number of rotatable bonds is 5. The molecule has 134 valence electrons. The second-order valence-electron chi connectivity index (χ2n) is 7.42. The van der Waals surface area contributed by atoms with Crippen molar-refractivity contribution >= 4 is 18.3 Å². The lowest BCUT2D eigenvalue weighted by Gasteiger charge is -2.29. The maximum Gasteiger partial charge on any atom is 0.230 e. The predicted molar refractivity (Wildman–Crippen MR) is 102 cm³/mol. The van der Waals surface area contributed by atoms with E-state index in [0.717, 1.165) is 57.7 Å². The van der Waals surface area contributed by atoms with Crippen LogP contribution in [0.4, 0.5) is 0 Å². The molecule has 3 rings (SSSR count). The number of hydrogen-bond acceptors (Lipinski definition) is 2. The molecule has 1 unspecified atom stereocenters.